The van der Waals surface area contributed by atoms with E-state index < -0.39 is 16.0 Å². The van der Waals surface area contributed by atoms with Crippen molar-refractivity contribution in [3.63, 3.8) is 0 Å². The summed E-state index contributed by atoms with van der Waals surface area (Å²) < 4.78 is 36.8. The number of furan rings is 1. The molecule has 0 aliphatic carbocycles. The SMILES string of the molecule is CCOC(=O)c1ccc(S(=O)(=O)N2CCC(C(=O)NCCc3ccccc3)CC2)o1. The molecule has 0 radical (unpaired) electrons. The highest BCUT2D eigenvalue weighted by Gasteiger charge is 2.34. The number of ether oxygens (including phenoxy) is 1. The van der Waals surface area contributed by atoms with Crippen LogP contribution in [0.5, 0.6) is 0 Å². The summed E-state index contributed by atoms with van der Waals surface area (Å²) in [5.41, 5.74) is 1.15. The average Bonchev–Trinajstić information content (AvgIpc) is 3.26. The van der Waals surface area contributed by atoms with Crippen molar-refractivity contribution in [1.29, 1.82) is 0 Å². The predicted molar refractivity (Wildman–Crippen MR) is 109 cm³/mol. The van der Waals surface area contributed by atoms with E-state index in [9.17, 15) is 18.0 Å². The van der Waals surface area contributed by atoms with Crippen molar-refractivity contribution in [2.24, 2.45) is 5.92 Å². The van der Waals surface area contributed by atoms with Crippen molar-refractivity contribution in [1.82, 2.24) is 9.62 Å². The molecule has 1 aromatic heterocycles. The van der Waals surface area contributed by atoms with Crippen LogP contribution in [0.1, 0.15) is 35.9 Å². The van der Waals surface area contributed by atoms with Crippen LogP contribution >= 0.6 is 0 Å². The normalized spacial score (nSPS) is 15.6. The molecule has 3 rings (SSSR count). The van der Waals surface area contributed by atoms with Crippen LogP contribution in [0.25, 0.3) is 0 Å². The number of carbonyl (C=O) groups excluding carboxylic acids is 2. The van der Waals surface area contributed by atoms with Gasteiger partial charge in [0.1, 0.15) is 0 Å². The van der Waals surface area contributed by atoms with Gasteiger partial charge in [0.2, 0.25) is 16.8 Å². The predicted octanol–water partition coefficient (Wildman–Crippen LogP) is 2.22. The summed E-state index contributed by atoms with van der Waals surface area (Å²) in [5, 5.41) is 2.64. The van der Waals surface area contributed by atoms with E-state index in [0.29, 0.717) is 19.4 Å². The van der Waals surface area contributed by atoms with Gasteiger partial charge in [-0.1, -0.05) is 30.3 Å². The van der Waals surface area contributed by atoms with Crippen molar-refractivity contribution < 1.29 is 27.2 Å². The topological polar surface area (TPSA) is 106 Å². The van der Waals surface area contributed by atoms with Gasteiger partial charge in [0, 0.05) is 25.6 Å². The van der Waals surface area contributed by atoms with Crippen LogP contribution in [-0.4, -0.2) is 50.8 Å². The third-order valence-corrected chi connectivity index (χ3v) is 6.81. The minimum atomic E-state index is -3.86. The number of amides is 1. The van der Waals surface area contributed by atoms with Gasteiger partial charge >= 0.3 is 5.97 Å². The Morgan fingerprint density at radius 3 is 2.50 bits per heavy atom. The number of piperidine rings is 1. The molecule has 0 unspecified atom stereocenters. The van der Waals surface area contributed by atoms with E-state index in [1.807, 2.05) is 30.3 Å². The molecular weight excluding hydrogens is 408 g/mol. The van der Waals surface area contributed by atoms with Crippen molar-refractivity contribution in [2.75, 3.05) is 26.2 Å². The molecule has 2 aromatic rings. The third kappa shape index (κ3) is 5.28. The number of hydrogen-bond donors (Lipinski definition) is 1. The van der Waals surface area contributed by atoms with E-state index in [2.05, 4.69) is 5.32 Å². The summed E-state index contributed by atoms with van der Waals surface area (Å²) in [7, 11) is -3.86. The smallest absolute Gasteiger partial charge is 0.374 e. The highest BCUT2D eigenvalue weighted by molar-refractivity contribution is 7.89. The molecule has 1 aliphatic heterocycles. The van der Waals surface area contributed by atoms with Gasteiger partial charge in [-0.3, -0.25) is 4.79 Å². The zero-order valence-corrected chi connectivity index (χ0v) is 17.7. The minimum absolute atomic E-state index is 0.0504. The summed E-state index contributed by atoms with van der Waals surface area (Å²) in [4.78, 5) is 24.1. The van der Waals surface area contributed by atoms with Gasteiger partial charge in [-0.05, 0) is 43.9 Å². The van der Waals surface area contributed by atoms with Crippen LogP contribution in [0.4, 0.5) is 0 Å². The molecule has 1 aliphatic rings. The number of hydrogen-bond acceptors (Lipinski definition) is 6. The number of carbonyl (C=O) groups is 2. The number of nitrogens with one attached hydrogen (secondary N) is 1. The zero-order chi connectivity index (χ0) is 21.6. The molecule has 1 amide bonds. The lowest BCUT2D eigenvalue weighted by Crippen LogP contribution is -2.43. The number of benzene rings is 1. The highest BCUT2D eigenvalue weighted by Crippen LogP contribution is 2.25. The minimum Gasteiger partial charge on any atom is -0.460 e. The Balaban J connectivity index is 1.50. The van der Waals surface area contributed by atoms with Gasteiger partial charge in [-0.2, -0.15) is 4.31 Å². The Bertz CT molecular complexity index is 962. The van der Waals surface area contributed by atoms with E-state index in [1.54, 1.807) is 6.92 Å². The molecule has 30 heavy (non-hydrogen) atoms. The Morgan fingerprint density at radius 1 is 1.13 bits per heavy atom. The Hall–Kier alpha value is -2.65. The average molecular weight is 435 g/mol. The molecule has 1 saturated heterocycles. The van der Waals surface area contributed by atoms with Crippen LogP contribution < -0.4 is 5.32 Å². The number of rotatable bonds is 8. The van der Waals surface area contributed by atoms with Crippen LogP contribution in [0.2, 0.25) is 0 Å². The van der Waals surface area contributed by atoms with Crippen molar-refractivity contribution in [3.05, 3.63) is 53.8 Å². The van der Waals surface area contributed by atoms with E-state index in [0.717, 1.165) is 12.0 Å². The maximum Gasteiger partial charge on any atom is 0.374 e. The largest absolute Gasteiger partial charge is 0.460 e. The molecule has 9 heteroatoms. The van der Waals surface area contributed by atoms with Gasteiger partial charge in [0.25, 0.3) is 10.0 Å². The van der Waals surface area contributed by atoms with Gasteiger partial charge in [-0.15, -0.1) is 0 Å². The molecule has 162 valence electrons. The van der Waals surface area contributed by atoms with Gasteiger partial charge in [-0.25, -0.2) is 13.2 Å². The van der Waals surface area contributed by atoms with E-state index in [4.69, 9.17) is 9.15 Å². The lowest BCUT2D eigenvalue weighted by Gasteiger charge is -2.29. The van der Waals surface area contributed by atoms with Gasteiger partial charge < -0.3 is 14.5 Å². The molecule has 1 aromatic carbocycles. The molecule has 2 heterocycles. The first-order valence-electron chi connectivity index (χ1n) is 10.0. The van der Waals surface area contributed by atoms with E-state index in [-0.39, 0.29) is 42.4 Å². The lowest BCUT2D eigenvalue weighted by molar-refractivity contribution is -0.126. The van der Waals surface area contributed by atoms with Gasteiger partial charge in [0.05, 0.1) is 6.61 Å². The fourth-order valence-electron chi connectivity index (χ4n) is 3.38. The monoisotopic (exact) mass is 434 g/mol. The van der Waals surface area contributed by atoms with Crippen molar-refractivity contribution in [3.8, 4) is 0 Å². The standard InChI is InChI=1S/C21H26N2O6S/c1-2-28-21(25)18-8-9-19(29-18)30(26,27)23-14-11-17(12-15-23)20(24)22-13-10-16-6-4-3-5-7-16/h3-9,17H,2,10-15H2,1H3,(H,22,24). The van der Waals surface area contributed by atoms with Gasteiger partial charge in [0.15, 0.2) is 0 Å². The van der Waals surface area contributed by atoms with Crippen LogP contribution in [-0.2, 0) is 26.0 Å². The fourth-order valence-corrected chi connectivity index (χ4v) is 4.76. The second kappa shape index (κ2) is 9.90. The highest BCUT2D eigenvalue weighted by atomic mass is 32.2. The van der Waals surface area contributed by atoms with Crippen LogP contribution in [0, 0.1) is 5.92 Å². The Kier molecular flexibility index (Phi) is 7.28. The van der Waals surface area contributed by atoms with Crippen molar-refractivity contribution >= 4 is 21.9 Å². The van der Waals surface area contributed by atoms with E-state index >= 15 is 0 Å². The number of sulfonamides is 1. The molecule has 0 atom stereocenters. The lowest BCUT2D eigenvalue weighted by atomic mass is 9.97. The van der Waals surface area contributed by atoms with Crippen LogP contribution in [0.15, 0.2) is 52.0 Å². The molecule has 1 N–H and O–H groups in total. The summed E-state index contributed by atoms with van der Waals surface area (Å²) in [6, 6.07) is 12.4. The molecule has 1 fully saturated rings. The summed E-state index contributed by atoms with van der Waals surface area (Å²) in [6.07, 6.45) is 1.62. The molecular formula is C21H26N2O6S. The fraction of sp³-hybridized carbons (Fsp3) is 0.429. The molecule has 0 spiro atoms. The number of nitrogens with zero attached hydrogens (tertiary/aromatic N) is 1. The Morgan fingerprint density at radius 2 is 1.83 bits per heavy atom. The maximum absolute atomic E-state index is 12.8. The summed E-state index contributed by atoms with van der Waals surface area (Å²) in [5.74, 6) is -1.13. The first-order valence-corrected chi connectivity index (χ1v) is 11.4. The maximum atomic E-state index is 12.8. The summed E-state index contributed by atoms with van der Waals surface area (Å²) >= 11 is 0. The number of esters is 1. The molecule has 8 nitrogen and oxygen atoms in total. The molecule has 0 saturated carbocycles. The summed E-state index contributed by atoms with van der Waals surface area (Å²) in [6.45, 7) is 2.80. The van der Waals surface area contributed by atoms with E-state index in [1.165, 1.54) is 16.4 Å². The second-order valence-electron chi connectivity index (χ2n) is 7.04. The first kappa shape index (κ1) is 22.0. The second-order valence-corrected chi connectivity index (χ2v) is 8.91. The van der Waals surface area contributed by atoms with Crippen molar-refractivity contribution in [2.45, 2.75) is 31.3 Å². The molecule has 0 bridgehead atoms. The Labute approximate surface area is 176 Å². The zero-order valence-electron chi connectivity index (χ0n) is 16.9. The quantitative estimate of drug-likeness (QED) is 0.639. The first-order chi connectivity index (χ1) is 14.4. The van der Waals surface area contributed by atoms with Crippen LogP contribution in [0.3, 0.4) is 0 Å². The third-order valence-electron chi connectivity index (χ3n) is 5.03.